The average molecular weight is 539 g/mol. The SMILES string of the molecule is CS(=O)(=O)NC(=O)c1c(-c2ccn(CC3CC3)n2)cc(-c2ccc(OCCCC(F)(F)F)cc2)[nH]c1=O. The first-order valence-electron chi connectivity index (χ1n) is 11.5. The van der Waals surface area contributed by atoms with Gasteiger partial charge in [0.05, 0.1) is 18.6 Å². The molecule has 0 radical (unpaired) electrons. The Labute approximate surface area is 210 Å². The molecule has 0 aliphatic heterocycles. The van der Waals surface area contributed by atoms with Crippen LogP contribution in [-0.4, -0.2) is 48.1 Å². The van der Waals surface area contributed by atoms with Gasteiger partial charge in [0, 0.05) is 30.4 Å². The summed E-state index contributed by atoms with van der Waals surface area (Å²) in [5.41, 5.74) is 0.149. The number of aromatic nitrogens is 3. The normalized spacial score (nSPS) is 13.9. The minimum Gasteiger partial charge on any atom is -0.494 e. The van der Waals surface area contributed by atoms with Crippen molar-refractivity contribution in [1.29, 1.82) is 0 Å². The first-order chi connectivity index (χ1) is 17.4. The molecule has 1 aliphatic carbocycles. The van der Waals surface area contributed by atoms with Gasteiger partial charge in [0.25, 0.3) is 11.5 Å². The Hall–Kier alpha value is -3.61. The van der Waals surface area contributed by atoms with Crippen molar-refractivity contribution in [1.82, 2.24) is 19.5 Å². The van der Waals surface area contributed by atoms with Gasteiger partial charge in [0.1, 0.15) is 11.3 Å². The maximum Gasteiger partial charge on any atom is 0.389 e. The number of sulfonamides is 1. The van der Waals surface area contributed by atoms with Crippen molar-refractivity contribution >= 4 is 15.9 Å². The number of carbonyl (C=O) groups is 1. The third kappa shape index (κ3) is 7.44. The highest BCUT2D eigenvalue weighted by atomic mass is 32.2. The average Bonchev–Trinajstić information content (AvgIpc) is 3.49. The molecule has 0 atom stereocenters. The summed E-state index contributed by atoms with van der Waals surface area (Å²) < 4.78 is 69.0. The van der Waals surface area contributed by atoms with E-state index >= 15 is 0 Å². The highest BCUT2D eigenvalue weighted by Gasteiger charge is 2.26. The number of H-pyrrole nitrogens is 1. The van der Waals surface area contributed by atoms with Crippen molar-refractivity contribution in [3.8, 4) is 28.3 Å². The van der Waals surface area contributed by atoms with Gasteiger partial charge in [-0.25, -0.2) is 13.1 Å². The highest BCUT2D eigenvalue weighted by molar-refractivity contribution is 7.89. The number of rotatable bonds is 10. The molecule has 4 rings (SSSR count). The van der Waals surface area contributed by atoms with Crippen LogP contribution in [0.2, 0.25) is 0 Å². The van der Waals surface area contributed by atoms with Gasteiger partial charge in [-0.1, -0.05) is 0 Å². The van der Waals surface area contributed by atoms with E-state index in [1.807, 2.05) is 4.72 Å². The molecule has 0 spiro atoms. The Bertz CT molecular complexity index is 1440. The smallest absolute Gasteiger partial charge is 0.389 e. The van der Waals surface area contributed by atoms with Crippen molar-refractivity contribution < 1.29 is 31.1 Å². The summed E-state index contributed by atoms with van der Waals surface area (Å²) in [4.78, 5) is 28.3. The van der Waals surface area contributed by atoms with E-state index in [0.29, 0.717) is 35.2 Å². The molecule has 198 valence electrons. The number of benzene rings is 1. The van der Waals surface area contributed by atoms with E-state index in [0.717, 1.165) is 19.1 Å². The van der Waals surface area contributed by atoms with Crippen LogP contribution in [0.1, 0.15) is 36.0 Å². The number of hydrogen-bond donors (Lipinski definition) is 2. The molecule has 9 nitrogen and oxygen atoms in total. The van der Waals surface area contributed by atoms with E-state index in [2.05, 4.69) is 10.1 Å². The van der Waals surface area contributed by atoms with Crippen LogP contribution in [0.4, 0.5) is 13.2 Å². The summed E-state index contributed by atoms with van der Waals surface area (Å²) in [6, 6.07) is 9.49. The van der Waals surface area contributed by atoms with Crippen molar-refractivity contribution in [2.75, 3.05) is 12.9 Å². The lowest BCUT2D eigenvalue weighted by atomic mass is 10.0. The number of carbonyl (C=O) groups excluding carboxylic acids is 1. The standard InChI is InChI=1S/C24H25F3N4O5S/c1-37(34,35)30-23(33)21-18(19-9-11-31(29-19)14-15-3-4-15)13-20(28-22(21)32)16-5-7-17(8-6-16)36-12-2-10-24(25,26)27/h5-9,11,13,15H,2-4,10,12,14H2,1H3,(H,28,32)(H,30,33). The van der Waals surface area contributed by atoms with E-state index in [4.69, 9.17) is 4.74 Å². The molecular weight excluding hydrogens is 513 g/mol. The second-order valence-electron chi connectivity index (χ2n) is 8.96. The fraction of sp³-hybridized carbons (Fsp3) is 0.375. The van der Waals surface area contributed by atoms with E-state index < -0.39 is 39.7 Å². The second kappa shape index (κ2) is 10.4. The van der Waals surface area contributed by atoms with Gasteiger partial charge in [-0.2, -0.15) is 18.3 Å². The number of nitrogens with one attached hydrogen (secondary N) is 2. The summed E-state index contributed by atoms with van der Waals surface area (Å²) >= 11 is 0. The number of aromatic amines is 1. The molecule has 1 amide bonds. The minimum atomic E-state index is -4.24. The monoisotopic (exact) mass is 538 g/mol. The minimum absolute atomic E-state index is 0.104. The predicted octanol–water partition coefficient (Wildman–Crippen LogP) is 3.73. The molecule has 0 unspecified atom stereocenters. The maximum absolute atomic E-state index is 13.0. The third-order valence-corrected chi connectivity index (χ3v) is 6.19. The van der Waals surface area contributed by atoms with Gasteiger partial charge in [0.15, 0.2) is 0 Å². The van der Waals surface area contributed by atoms with Crippen LogP contribution in [0, 0.1) is 5.92 Å². The third-order valence-electron chi connectivity index (χ3n) is 5.64. The first kappa shape index (κ1) is 26.5. The number of pyridine rings is 1. The Balaban J connectivity index is 1.63. The summed E-state index contributed by atoms with van der Waals surface area (Å²) in [5, 5.41) is 4.48. The van der Waals surface area contributed by atoms with E-state index in [1.54, 1.807) is 41.2 Å². The second-order valence-corrected chi connectivity index (χ2v) is 10.7. The molecule has 2 aromatic heterocycles. The molecule has 3 aromatic rings. The first-order valence-corrected chi connectivity index (χ1v) is 13.4. The van der Waals surface area contributed by atoms with Gasteiger partial charge >= 0.3 is 6.18 Å². The molecule has 2 heterocycles. The lowest BCUT2D eigenvalue weighted by Crippen LogP contribution is -2.34. The van der Waals surface area contributed by atoms with Crippen LogP contribution in [0.25, 0.3) is 22.5 Å². The molecule has 1 saturated carbocycles. The Kier molecular flexibility index (Phi) is 7.44. The van der Waals surface area contributed by atoms with Crippen molar-refractivity contribution in [2.45, 2.75) is 38.4 Å². The summed E-state index contributed by atoms with van der Waals surface area (Å²) in [7, 11) is -3.93. The fourth-order valence-electron chi connectivity index (χ4n) is 3.73. The lowest BCUT2D eigenvalue weighted by Gasteiger charge is -2.11. The summed E-state index contributed by atoms with van der Waals surface area (Å²) in [6.45, 7) is 0.596. The van der Waals surface area contributed by atoms with Crippen LogP contribution in [0.15, 0.2) is 47.4 Å². The molecule has 2 N–H and O–H groups in total. The van der Waals surface area contributed by atoms with Crippen LogP contribution < -0.4 is 15.0 Å². The van der Waals surface area contributed by atoms with Crippen molar-refractivity contribution in [3.05, 3.63) is 58.5 Å². The number of ether oxygens (including phenoxy) is 1. The lowest BCUT2D eigenvalue weighted by molar-refractivity contribution is -0.136. The Morgan fingerprint density at radius 2 is 1.92 bits per heavy atom. The van der Waals surface area contributed by atoms with Crippen LogP contribution in [0.5, 0.6) is 5.75 Å². The van der Waals surface area contributed by atoms with Gasteiger partial charge in [0.2, 0.25) is 10.0 Å². The van der Waals surface area contributed by atoms with E-state index in [9.17, 15) is 31.2 Å². The molecule has 1 aliphatic rings. The quantitative estimate of drug-likeness (QED) is 0.379. The van der Waals surface area contributed by atoms with E-state index in [1.165, 1.54) is 6.07 Å². The number of hydrogen-bond acceptors (Lipinski definition) is 6. The zero-order valence-electron chi connectivity index (χ0n) is 19.8. The molecule has 1 aromatic carbocycles. The summed E-state index contributed by atoms with van der Waals surface area (Å²) in [5.74, 6) is -0.189. The Morgan fingerprint density at radius 1 is 1.22 bits per heavy atom. The van der Waals surface area contributed by atoms with Crippen LogP contribution in [0.3, 0.4) is 0 Å². The highest BCUT2D eigenvalue weighted by Crippen LogP contribution is 2.31. The van der Waals surface area contributed by atoms with Crippen LogP contribution in [-0.2, 0) is 16.6 Å². The molecule has 1 fully saturated rings. The van der Waals surface area contributed by atoms with Crippen molar-refractivity contribution in [2.24, 2.45) is 5.92 Å². The number of alkyl halides is 3. The van der Waals surface area contributed by atoms with Gasteiger partial charge in [-0.05, 0) is 67.1 Å². The van der Waals surface area contributed by atoms with Gasteiger partial charge < -0.3 is 9.72 Å². The van der Waals surface area contributed by atoms with Crippen LogP contribution >= 0.6 is 0 Å². The Morgan fingerprint density at radius 3 is 2.54 bits per heavy atom. The topological polar surface area (TPSA) is 123 Å². The van der Waals surface area contributed by atoms with Crippen molar-refractivity contribution in [3.63, 3.8) is 0 Å². The largest absolute Gasteiger partial charge is 0.494 e. The molecule has 0 saturated heterocycles. The zero-order valence-corrected chi connectivity index (χ0v) is 20.7. The number of amides is 1. The molecular formula is C24H25F3N4O5S. The summed E-state index contributed by atoms with van der Waals surface area (Å²) in [6.07, 6.45) is -0.600. The van der Waals surface area contributed by atoms with Gasteiger partial charge in [-0.15, -0.1) is 0 Å². The fourth-order valence-corrected chi connectivity index (χ4v) is 4.17. The number of nitrogens with zero attached hydrogens (tertiary/aromatic N) is 2. The van der Waals surface area contributed by atoms with Gasteiger partial charge in [-0.3, -0.25) is 14.3 Å². The maximum atomic E-state index is 13.0. The molecule has 37 heavy (non-hydrogen) atoms. The zero-order chi connectivity index (χ0) is 26.8. The molecule has 0 bridgehead atoms. The number of halogens is 3. The van der Waals surface area contributed by atoms with E-state index in [-0.39, 0.29) is 18.6 Å². The molecule has 13 heteroatoms. The predicted molar refractivity (Wildman–Crippen MR) is 130 cm³/mol.